The number of nitro groups is 1. The fraction of sp³-hybridized carbons (Fsp3) is 0.273. The Hall–Kier alpha value is -2.84. The van der Waals surface area contributed by atoms with Gasteiger partial charge in [-0.15, -0.1) is 0 Å². The summed E-state index contributed by atoms with van der Waals surface area (Å²) in [4.78, 5) is 32.9. The Labute approximate surface area is 112 Å². The van der Waals surface area contributed by atoms with Crippen molar-refractivity contribution in [3.8, 4) is 11.5 Å². The van der Waals surface area contributed by atoms with E-state index in [4.69, 9.17) is 19.9 Å². The van der Waals surface area contributed by atoms with Crippen LogP contribution in [0, 0.1) is 10.1 Å². The zero-order chi connectivity index (χ0) is 14.9. The summed E-state index contributed by atoms with van der Waals surface area (Å²) in [5.41, 5.74) is 4.11. The van der Waals surface area contributed by atoms with Crippen molar-refractivity contribution < 1.29 is 28.7 Å². The number of fused-ring (bicyclic) bond motifs is 1. The molecule has 20 heavy (non-hydrogen) atoms. The third-order valence-corrected chi connectivity index (χ3v) is 2.59. The third-order valence-electron chi connectivity index (χ3n) is 2.59. The molecule has 0 unspecified atom stereocenters. The second-order valence-corrected chi connectivity index (χ2v) is 3.93. The zero-order valence-electron chi connectivity index (χ0n) is 10.3. The molecule has 0 saturated carbocycles. The van der Waals surface area contributed by atoms with Gasteiger partial charge in [0, 0.05) is 6.07 Å². The van der Waals surface area contributed by atoms with Crippen LogP contribution in [0.15, 0.2) is 12.1 Å². The number of rotatable bonds is 4. The second kappa shape index (κ2) is 5.03. The second-order valence-electron chi connectivity index (χ2n) is 3.93. The van der Waals surface area contributed by atoms with E-state index in [1.54, 1.807) is 0 Å². The lowest BCUT2D eigenvalue weighted by molar-refractivity contribution is -0.385. The van der Waals surface area contributed by atoms with Crippen molar-refractivity contribution in [2.75, 3.05) is 6.79 Å². The molecule has 0 spiro atoms. The molecular formula is C11H10N2O7. The molecule has 2 rings (SSSR count). The standard InChI is InChI=1S/C11H10N2O7/c1-5(10(12)14)20-11(15)6-2-8-9(19-4-18-8)3-7(6)13(16)17/h2-3,5H,4H2,1H3,(H2,12,14)/t5-/m1/s1. The first-order chi connectivity index (χ1) is 9.40. The van der Waals surface area contributed by atoms with Gasteiger partial charge in [-0.2, -0.15) is 0 Å². The van der Waals surface area contributed by atoms with E-state index in [9.17, 15) is 19.7 Å². The van der Waals surface area contributed by atoms with Gasteiger partial charge in [0.1, 0.15) is 5.56 Å². The van der Waals surface area contributed by atoms with Crippen molar-refractivity contribution in [1.29, 1.82) is 0 Å². The lowest BCUT2D eigenvalue weighted by Gasteiger charge is -2.10. The van der Waals surface area contributed by atoms with Gasteiger partial charge in [0.25, 0.3) is 11.6 Å². The highest BCUT2D eigenvalue weighted by Gasteiger charge is 2.29. The molecule has 9 heteroatoms. The van der Waals surface area contributed by atoms with E-state index in [0.717, 1.165) is 12.1 Å². The number of nitro benzene ring substituents is 1. The maximum absolute atomic E-state index is 11.9. The van der Waals surface area contributed by atoms with E-state index in [2.05, 4.69) is 0 Å². The summed E-state index contributed by atoms with van der Waals surface area (Å²) < 4.78 is 14.8. The monoisotopic (exact) mass is 282 g/mol. The highest BCUT2D eigenvalue weighted by molar-refractivity contribution is 5.96. The van der Waals surface area contributed by atoms with Gasteiger partial charge < -0.3 is 19.9 Å². The summed E-state index contributed by atoms with van der Waals surface area (Å²) in [5, 5.41) is 11.0. The number of ether oxygens (including phenoxy) is 3. The Morgan fingerprint density at radius 2 is 2.00 bits per heavy atom. The number of primary amides is 1. The Balaban J connectivity index is 2.37. The summed E-state index contributed by atoms with van der Waals surface area (Å²) in [6.07, 6.45) is -1.20. The highest BCUT2D eigenvalue weighted by Crippen LogP contribution is 2.38. The number of hydrogen-bond donors (Lipinski definition) is 1. The van der Waals surface area contributed by atoms with Gasteiger partial charge in [0.2, 0.25) is 6.79 Å². The average Bonchev–Trinajstić information content (AvgIpc) is 2.83. The van der Waals surface area contributed by atoms with Gasteiger partial charge in [0.15, 0.2) is 17.6 Å². The maximum atomic E-state index is 11.9. The van der Waals surface area contributed by atoms with E-state index < -0.39 is 28.6 Å². The fourth-order valence-electron chi connectivity index (χ4n) is 1.53. The first-order valence-corrected chi connectivity index (χ1v) is 5.48. The molecule has 1 aromatic rings. The van der Waals surface area contributed by atoms with Gasteiger partial charge in [-0.05, 0) is 6.92 Å². The summed E-state index contributed by atoms with van der Waals surface area (Å²) in [6.45, 7) is 1.17. The average molecular weight is 282 g/mol. The zero-order valence-corrected chi connectivity index (χ0v) is 10.3. The molecule has 0 radical (unpaired) electrons. The minimum absolute atomic E-state index is 0.0946. The molecule has 1 aromatic carbocycles. The molecule has 0 aliphatic carbocycles. The van der Waals surface area contributed by atoms with E-state index in [1.807, 2.05) is 0 Å². The number of carbonyl (C=O) groups is 2. The normalized spacial score (nSPS) is 13.7. The number of nitrogens with zero attached hydrogens (tertiary/aromatic N) is 1. The molecular weight excluding hydrogens is 272 g/mol. The quantitative estimate of drug-likeness (QED) is 0.479. The topological polar surface area (TPSA) is 131 Å². The molecule has 1 amide bonds. The molecule has 1 aliphatic heterocycles. The predicted octanol–water partition coefficient (Wildman–Crippen LogP) is 0.354. The van der Waals surface area contributed by atoms with Gasteiger partial charge in [-0.3, -0.25) is 14.9 Å². The molecule has 1 heterocycles. The first-order valence-electron chi connectivity index (χ1n) is 5.48. The van der Waals surface area contributed by atoms with Crippen LogP contribution in [-0.2, 0) is 9.53 Å². The van der Waals surface area contributed by atoms with Crippen molar-refractivity contribution in [2.45, 2.75) is 13.0 Å². The molecule has 0 aromatic heterocycles. The fourth-order valence-corrected chi connectivity index (χ4v) is 1.53. The van der Waals surface area contributed by atoms with Crippen LogP contribution in [0.25, 0.3) is 0 Å². The predicted molar refractivity (Wildman–Crippen MR) is 63.3 cm³/mol. The van der Waals surface area contributed by atoms with Crippen LogP contribution in [0.2, 0.25) is 0 Å². The van der Waals surface area contributed by atoms with Crippen molar-refractivity contribution >= 4 is 17.6 Å². The largest absolute Gasteiger partial charge is 0.454 e. The molecule has 106 valence electrons. The molecule has 9 nitrogen and oxygen atoms in total. The Morgan fingerprint density at radius 1 is 1.40 bits per heavy atom. The smallest absolute Gasteiger partial charge is 0.346 e. The van der Waals surface area contributed by atoms with Crippen LogP contribution in [0.3, 0.4) is 0 Å². The van der Waals surface area contributed by atoms with E-state index in [1.165, 1.54) is 6.92 Å². The van der Waals surface area contributed by atoms with Crippen LogP contribution in [-0.4, -0.2) is 29.7 Å². The molecule has 0 fully saturated rings. The third kappa shape index (κ3) is 2.46. The van der Waals surface area contributed by atoms with Crippen LogP contribution >= 0.6 is 0 Å². The minimum Gasteiger partial charge on any atom is -0.454 e. The lowest BCUT2D eigenvalue weighted by atomic mass is 10.1. The molecule has 0 bridgehead atoms. The van der Waals surface area contributed by atoms with Crippen molar-refractivity contribution in [2.24, 2.45) is 5.73 Å². The van der Waals surface area contributed by atoms with E-state index >= 15 is 0 Å². The maximum Gasteiger partial charge on any atom is 0.346 e. The van der Waals surface area contributed by atoms with Gasteiger partial charge in [0.05, 0.1) is 11.0 Å². The van der Waals surface area contributed by atoms with E-state index in [0.29, 0.717) is 0 Å². The highest BCUT2D eigenvalue weighted by atomic mass is 16.7. The Morgan fingerprint density at radius 3 is 2.55 bits per heavy atom. The molecule has 2 N–H and O–H groups in total. The lowest BCUT2D eigenvalue weighted by Crippen LogP contribution is -2.30. The molecule has 0 saturated heterocycles. The number of esters is 1. The molecule has 1 aliphatic rings. The Kier molecular flexibility index (Phi) is 3.42. The Bertz CT molecular complexity index is 599. The van der Waals surface area contributed by atoms with Crippen LogP contribution in [0.4, 0.5) is 5.69 Å². The summed E-state index contributed by atoms with van der Waals surface area (Å²) in [5.74, 6) is -1.55. The summed E-state index contributed by atoms with van der Waals surface area (Å²) in [6, 6.07) is 2.20. The SMILES string of the molecule is C[C@@H](OC(=O)c1cc2c(cc1[N+](=O)[O-])OCO2)C(N)=O. The van der Waals surface area contributed by atoms with Crippen molar-refractivity contribution in [1.82, 2.24) is 0 Å². The van der Waals surface area contributed by atoms with Crippen molar-refractivity contribution in [3.63, 3.8) is 0 Å². The number of benzene rings is 1. The van der Waals surface area contributed by atoms with Crippen molar-refractivity contribution in [3.05, 3.63) is 27.8 Å². The van der Waals surface area contributed by atoms with Gasteiger partial charge in [-0.1, -0.05) is 0 Å². The number of carbonyl (C=O) groups excluding carboxylic acids is 2. The van der Waals surface area contributed by atoms with Crippen LogP contribution in [0.5, 0.6) is 11.5 Å². The summed E-state index contributed by atoms with van der Waals surface area (Å²) >= 11 is 0. The number of nitrogens with two attached hydrogens (primary N) is 1. The summed E-state index contributed by atoms with van der Waals surface area (Å²) in [7, 11) is 0. The minimum atomic E-state index is -1.20. The molecule has 1 atom stereocenters. The van der Waals surface area contributed by atoms with Gasteiger partial charge >= 0.3 is 5.97 Å². The number of amides is 1. The number of hydrogen-bond acceptors (Lipinski definition) is 7. The van der Waals surface area contributed by atoms with Crippen LogP contribution in [0.1, 0.15) is 17.3 Å². The first kappa shape index (κ1) is 13.6. The van der Waals surface area contributed by atoms with Gasteiger partial charge in [-0.25, -0.2) is 4.79 Å². The van der Waals surface area contributed by atoms with E-state index in [-0.39, 0.29) is 23.9 Å². The van der Waals surface area contributed by atoms with Crippen LogP contribution < -0.4 is 15.2 Å².